The quantitative estimate of drug-likeness (QED) is 0.695. The van der Waals surface area contributed by atoms with Gasteiger partial charge in [0.1, 0.15) is 0 Å². The maximum atomic E-state index is 6.21. The number of nitrogens with zero attached hydrogens (tertiary/aromatic N) is 1. The van der Waals surface area contributed by atoms with E-state index in [0.29, 0.717) is 11.1 Å². The zero-order chi connectivity index (χ0) is 15.1. The summed E-state index contributed by atoms with van der Waals surface area (Å²) in [6.45, 7) is 8.74. The Hall–Kier alpha value is -0.280. The largest absolute Gasteiger partial charge is 0.310 e. The maximum absolute atomic E-state index is 6.21. The zero-order valence-electron chi connectivity index (χ0n) is 12.9. The van der Waals surface area contributed by atoms with Gasteiger partial charge in [0.2, 0.25) is 0 Å². The second-order valence-electron chi connectivity index (χ2n) is 5.62. The monoisotopic (exact) mass is 316 g/mol. The summed E-state index contributed by atoms with van der Waals surface area (Å²) in [7, 11) is 2.17. The summed E-state index contributed by atoms with van der Waals surface area (Å²) in [6, 6.07) is 6.55. The Morgan fingerprint density at radius 3 is 2.45 bits per heavy atom. The van der Waals surface area contributed by atoms with E-state index in [1.807, 2.05) is 12.1 Å². The van der Waals surface area contributed by atoms with Crippen molar-refractivity contribution < 1.29 is 0 Å². The Bertz CT molecular complexity index is 407. The van der Waals surface area contributed by atoms with E-state index in [1.54, 1.807) is 6.07 Å². The van der Waals surface area contributed by atoms with Crippen LogP contribution in [0.4, 0.5) is 0 Å². The molecule has 2 nitrogen and oxygen atoms in total. The highest BCUT2D eigenvalue weighted by Crippen LogP contribution is 2.25. The van der Waals surface area contributed by atoms with E-state index < -0.39 is 0 Å². The number of nitrogens with one attached hydrogen (secondary N) is 1. The molecule has 1 aromatic rings. The fourth-order valence-corrected chi connectivity index (χ4v) is 2.60. The van der Waals surface area contributed by atoms with Gasteiger partial charge < -0.3 is 10.2 Å². The van der Waals surface area contributed by atoms with Crippen LogP contribution >= 0.6 is 23.2 Å². The molecule has 1 rings (SSSR count). The van der Waals surface area contributed by atoms with Gasteiger partial charge in [-0.05, 0) is 71.4 Å². The molecule has 0 spiro atoms. The molecule has 0 saturated carbocycles. The lowest BCUT2D eigenvalue weighted by Crippen LogP contribution is -2.28. The van der Waals surface area contributed by atoms with Crippen LogP contribution in [0.25, 0.3) is 0 Å². The van der Waals surface area contributed by atoms with E-state index in [4.69, 9.17) is 23.2 Å². The van der Waals surface area contributed by atoms with Crippen LogP contribution in [0.1, 0.15) is 45.2 Å². The molecule has 0 bridgehead atoms. The minimum atomic E-state index is 0.252. The van der Waals surface area contributed by atoms with Crippen molar-refractivity contribution in [1.82, 2.24) is 10.2 Å². The second-order valence-corrected chi connectivity index (χ2v) is 6.47. The van der Waals surface area contributed by atoms with Crippen LogP contribution in [0.15, 0.2) is 18.2 Å². The summed E-state index contributed by atoms with van der Waals surface area (Å²) in [6.07, 6.45) is 2.38. The summed E-state index contributed by atoms with van der Waals surface area (Å²) in [5, 5.41) is 4.93. The topological polar surface area (TPSA) is 15.3 Å². The van der Waals surface area contributed by atoms with Crippen molar-refractivity contribution in [3.05, 3.63) is 33.8 Å². The fraction of sp³-hybridized carbons (Fsp3) is 0.625. The molecule has 0 aliphatic carbocycles. The summed E-state index contributed by atoms with van der Waals surface area (Å²) < 4.78 is 0. The van der Waals surface area contributed by atoms with Crippen molar-refractivity contribution in [1.29, 1.82) is 0 Å². The highest BCUT2D eigenvalue weighted by atomic mass is 35.5. The van der Waals surface area contributed by atoms with Crippen LogP contribution in [0.2, 0.25) is 10.0 Å². The van der Waals surface area contributed by atoms with Gasteiger partial charge in [-0.2, -0.15) is 0 Å². The second kappa shape index (κ2) is 8.89. The Labute approximate surface area is 133 Å². The van der Waals surface area contributed by atoms with E-state index >= 15 is 0 Å². The molecule has 0 aliphatic rings. The molecule has 4 heteroatoms. The van der Waals surface area contributed by atoms with Gasteiger partial charge in [-0.25, -0.2) is 0 Å². The standard InChI is InChI=1S/C16H26Cl2N2/c1-12(2)20(4)10-6-5-9-19-13(3)15-8-7-14(17)11-16(15)18/h7-8,11-13,19H,5-6,9-10H2,1-4H3. The third-order valence-electron chi connectivity index (χ3n) is 3.70. The molecule has 1 unspecified atom stereocenters. The molecule has 0 amide bonds. The lowest BCUT2D eigenvalue weighted by atomic mass is 10.1. The first-order valence-electron chi connectivity index (χ1n) is 7.30. The van der Waals surface area contributed by atoms with Gasteiger partial charge in [-0.1, -0.05) is 29.3 Å². The molecule has 0 heterocycles. The number of rotatable bonds is 8. The van der Waals surface area contributed by atoms with Crippen LogP contribution in [-0.4, -0.2) is 31.1 Å². The summed E-state index contributed by atoms with van der Waals surface area (Å²) >= 11 is 12.1. The van der Waals surface area contributed by atoms with Gasteiger partial charge in [0, 0.05) is 22.1 Å². The minimum absolute atomic E-state index is 0.252. The highest BCUT2D eigenvalue weighted by molar-refractivity contribution is 6.35. The van der Waals surface area contributed by atoms with Gasteiger partial charge in [0.15, 0.2) is 0 Å². The Kier molecular flexibility index (Phi) is 7.90. The molecular weight excluding hydrogens is 291 g/mol. The Morgan fingerprint density at radius 2 is 1.85 bits per heavy atom. The van der Waals surface area contributed by atoms with Crippen LogP contribution in [0.3, 0.4) is 0 Å². The normalized spacial score (nSPS) is 13.2. The number of unbranched alkanes of at least 4 members (excludes halogenated alkanes) is 1. The minimum Gasteiger partial charge on any atom is -0.310 e. The van der Waals surface area contributed by atoms with Crippen molar-refractivity contribution in [2.45, 2.75) is 45.7 Å². The summed E-state index contributed by atoms with van der Waals surface area (Å²) in [5.41, 5.74) is 1.11. The van der Waals surface area contributed by atoms with E-state index in [2.05, 4.69) is 38.0 Å². The molecule has 20 heavy (non-hydrogen) atoms. The van der Waals surface area contributed by atoms with Crippen LogP contribution < -0.4 is 5.32 Å². The third kappa shape index (κ3) is 6.01. The first kappa shape index (κ1) is 17.8. The number of halogens is 2. The number of hydrogen-bond donors (Lipinski definition) is 1. The van der Waals surface area contributed by atoms with Gasteiger partial charge in [-0.15, -0.1) is 0 Å². The van der Waals surface area contributed by atoms with Crippen molar-refractivity contribution in [3.63, 3.8) is 0 Å². The van der Waals surface area contributed by atoms with E-state index in [9.17, 15) is 0 Å². The smallest absolute Gasteiger partial charge is 0.0468 e. The van der Waals surface area contributed by atoms with Crippen LogP contribution in [-0.2, 0) is 0 Å². The molecule has 0 aliphatic heterocycles. The molecule has 114 valence electrons. The fourth-order valence-electron chi connectivity index (χ4n) is 2.03. The summed E-state index contributed by atoms with van der Waals surface area (Å²) in [5.74, 6) is 0. The molecule has 0 aromatic heterocycles. The number of hydrogen-bond acceptors (Lipinski definition) is 2. The van der Waals surface area contributed by atoms with Gasteiger partial charge in [0.05, 0.1) is 0 Å². The predicted molar refractivity (Wildman–Crippen MR) is 89.9 cm³/mol. The van der Waals surface area contributed by atoms with Crippen molar-refractivity contribution in [2.24, 2.45) is 0 Å². The molecule has 0 saturated heterocycles. The summed E-state index contributed by atoms with van der Waals surface area (Å²) in [4.78, 5) is 2.37. The van der Waals surface area contributed by atoms with Gasteiger partial charge in [0.25, 0.3) is 0 Å². The Balaban J connectivity index is 2.28. The third-order valence-corrected chi connectivity index (χ3v) is 4.26. The molecular formula is C16H26Cl2N2. The van der Waals surface area contributed by atoms with Crippen molar-refractivity contribution >= 4 is 23.2 Å². The average Bonchev–Trinajstić information content (AvgIpc) is 2.37. The first-order valence-corrected chi connectivity index (χ1v) is 8.06. The van der Waals surface area contributed by atoms with Gasteiger partial charge in [-0.3, -0.25) is 0 Å². The Morgan fingerprint density at radius 1 is 1.15 bits per heavy atom. The van der Waals surface area contributed by atoms with Crippen molar-refractivity contribution in [3.8, 4) is 0 Å². The zero-order valence-corrected chi connectivity index (χ0v) is 14.4. The maximum Gasteiger partial charge on any atom is 0.0468 e. The lowest BCUT2D eigenvalue weighted by molar-refractivity contribution is 0.267. The highest BCUT2D eigenvalue weighted by Gasteiger charge is 2.09. The van der Waals surface area contributed by atoms with Crippen LogP contribution in [0.5, 0.6) is 0 Å². The average molecular weight is 317 g/mol. The van der Waals surface area contributed by atoms with E-state index in [1.165, 1.54) is 12.8 Å². The molecule has 1 aromatic carbocycles. The van der Waals surface area contributed by atoms with Crippen LogP contribution in [0, 0.1) is 0 Å². The molecule has 0 fully saturated rings. The number of benzene rings is 1. The van der Waals surface area contributed by atoms with E-state index in [0.717, 1.165) is 23.7 Å². The van der Waals surface area contributed by atoms with Gasteiger partial charge >= 0.3 is 0 Å². The lowest BCUT2D eigenvalue weighted by Gasteiger charge is -2.21. The predicted octanol–water partition coefficient (Wildman–Crippen LogP) is 4.76. The van der Waals surface area contributed by atoms with E-state index in [-0.39, 0.29) is 6.04 Å². The first-order chi connectivity index (χ1) is 9.41. The van der Waals surface area contributed by atoms with Crippen molar-refractivity contribution in [2.75, 3.05) is 20.1 Å². The SMILES string of the molecule is CC(NCCCCN(C)C(C)C)c1ccc(Cl)cc1Cl. The molecule has 1 atom stereocenters. The molecule has 1 N–H and O–H groups in total. The molecule has 0 radical (unpaired) electrons.